The number of hydrogen-bond acceptors (Lipinski definition) is 4. The molecule has 1 amide bonds. The van der Waals surface area contributed by atoms with Crippen LogP contribution in [0.4, 0.5) is 0 Å². The molecule has 4 nitrogen and oxygen atoms in total. The van der Waals surface area contributed by atoms with Crippen molar-refractivity contribution < 1.29 is 9.53 Å². The fraction of sp³-hybridized carbons (Fsp3) is 0.667. The van der Waals surface area contributed by atoms with Crippen LogP contribution in [0, 0.1) is 5.92 Å². The van der Waals surface area contributed by atoms with E-state index in [-0.39, 0.29) is 5.92 Å². The van der Waals surface area contributed by atoms with Crippen molar-refractivity contribution >= 4 is 17.2 Å². The van der Waals surface area contributed by atoms with Gasteiger partial charge in [0.1, 0.15) is 0 Å². The summed E-state index contributed by atoms with van der Waals surface area (Å²) < 4.78 is 5.31. The van der Waals surface area contributed by atoms with Crippen molar-refractivity contribution in [3.63, 3.8) is 0 Å². The molecule has 3 aliphatic rings. The highest BCUT2D eigenvalue weighted by molar-refractivity contribution is 7.10. The zero-order valence-electron chi connectivity index (χ0n) is 11.6. The topological polar surface area (TPSA) is 32.8 Å². The van der Waals surface area contributed by atoms with Crippen molar-refractivity contribution in [2.24, 2.45) is 5.92 Å². The summed E-state index contributed by atoms with van der Waals surface area (Å²) in [7, 11) is 0. The highest BCUT2D eigenvalue weighted by atomic mass is 32.1. The van der Waals surface area contributed by atoms with Gasteiger partial charge in [0, 0.05) is 43.7 Å². The molecule has 1 aromatic heterocycles. The Morgan fingerprint density at radius 3 is 3.10 bits per heavy atom. The molecule has 0 saturated carbocycles. The van der Waals surface area contributed by atoms with Gasteiger partial charge in [0.15, 0.2) is 0 Å². The number of rotatable bonds is 2. The Bertz CT molecular complexity index is 504. The molecule has 4 heterocycles. The Labute approximate surface area is 123 Å². The third kappa shape index (κ3) is 2.18. The first-order chi connectivity index (χ1) is 9.81. The number of amides is 1. The van der Waals surface area contributed by atoms with E-state index in [1.165, 1.54) is 12.0 Å². The molecule has 4 rings (SSSR count). The lowest BCUT2D eigenvalue weighted by molar-refractivity contribution is -0.143. The van der Waals surface area contributed by atoms with Crippen LogP contribution in [0.2, 0.25) is 0 Å². The highest BCUT2D eigenvalue weighted by Gasteiger charge is 2.39. The Morgan fingerprint density at radius 1 is 1.40 bits per heavy atom. The average Bonchev–Trinajstić information content (AvgIpc) is 3.07. The van der Waals surface area contributed by atoms with Crippen LogP contribution in [0.15, 0.2) is 11.4 Å². The number of carbonyl (C=O) groups excluding carboxylic acids is 1. The van der Waals surface area contributed by atoms with E-state index in [4.69, 9.17) is 4.74 Å². The predicted molar refractivity (Wildman–Crippen MR) is 77.7 cm³/mol. The summed E-state index contributed by atoms with van der Waals surface area (Å²) in [6, 6.07) is 2.82. The van der Waals surface area contributed by atoms with Crippen molar-refractivity contribution in [2.75, 3.05) is 32.8 Å². The van der Waals surface area contributed by atoms with Crippen molar-refractivity contribution in [3.05, 3.63) is 21.9 Å². The molecule has 1 aromatic rings. The normalized spacial score (nSPS) is 27.4. The maximum absolute atomic E-state index is 12.2. The van der Waals surface area contributed by atoms with E-state index in [1.807, 2.05) is 16.2 Å². The fourth-order valence-corrected chi connectivity index (χ4v) is 4.33. The second-order valence-corrected chi connectivity index (χ2v) is 7.05. The molecule has 0 aromatic carbocycles. The molecule has 1 atom stereocenters. The summed E-state index contributed by atoms with van der Waals surface area (Å²) in [6.07, 6.45) is 2.08. The lowest BCUT2D eigenvalue weighted by atomic mass is 9.99. The minimum Gasteiger partial charge on any atom is -0.381 e. The van der Waals surface area contributed by atoms with Crippen LogP contribution in [0.5, 0.6) is 0 Å². The van der Waals surface area contributed by atoms with Gasteiger partial charge in [-0.1, -0.05) is 0 Å². The van der Waals surface area contributed by atoms with Gasteiger partial charge in [-0.2, -0.15) is 0 Å². The lowest BCUT2D eigenvalue weighted by Crippen LogP contribution is -2.62. The third-order valence-corrected chi connectivity index (χ3v) is 5.83. The minimum atomic E-state index is 0.126. The van der Waals surface area contributed by atoms with Gasteiger partial charge in [-0.3, -0.25) is 9.69 Å². The molecule has 0 radical (unpaired) electrons. The van der Waals surface area contributed by atoms with Crippen LogP contribution in [-0.2, 0) is 22.5 Å². The summed E-state index contributed by atoms with van der Waals surface area (Å²) in [5.74, 6) is 0.438. The molecule has 0 N–H and O–H groups in total. The van der Waals surface area contributed by atoms with Gasteiger partial charge in [-0.25, -0.2) is 0 Å². The molecule has 0 bridgehead atoms. The first kappa shape index (κ1) is 12.8. The molecular formula is C15H20N2O2S. The van der Waals surface area contributed by atoms with E-state index in [0.29, 0.717) is 18.6 Å². The van der Waals surface area contributed by atoms with Crippen molar-refractivity contribution in [3.8, 4) is 0 Å². The van der Waals surface area contributed by atoms with Gasteiger partial charge < -0.3 is 9.64 Å². The van der Waals surface area contributed by atoms with Crippen molar-refractivity contribution in [1.82, 2.24) is 9.80 Å². The number of ether oxygens (including phenoxy) is 1. The maximum Gasteiger partial charge on any atom is 0.228 e. The Morgan fingerprint density at radius 2 is 2.30 bits per heavy atom. The molecule has 20 heavy (non-hydrogen) atoms. The monoisotopic (exact) mass is 292 g/mol. The Hall–Kier alpha value is -0.910. The number of likely N-dealkylation sites (tertiary alicyclic amines) is 1. The van der Waals surface area contributed by atoms with Gasteiger partial charge >= 0.3 is 0 Å². The number of hydrogen-bond donors (Lipinski definition) is 0. The predicted octanol–water partition coefficient (Wildman–Crippen LogP) is 1.35. The standard InChI is InChI=1S/C15H20N2O2S/c18-15(12-2-5-19-10-12)17-8-13(9-17)16-4-1-14-11(7-16)3-6-20-14/h3,6,12-13H,1-2,4-5,7-10H2. The largest absolute Gasteiger partial charge is 0.381 e. The highest BCUT2D eigenvalue weighted by Crippen LogP contribution is 2.28. The summed E-state index contributed by atoms with van der Waals surface area (Å²) in [5.41, 5.74) is 1.50. The molecule has 108 valence electrons. The van der Waals surface area contributed by atoms with Crippen LogP contribution in [0.1, 0.15) is 16.9 Å². The fourth-order valence-electron chi connectivity index (χ4n) is 3.44. The number of fused-ring (bicyclic) bond motifs is 1. The summed E-state index contributed by atoms with van der Waals surface area (Å²) in [6.45, 7) is 5.41. The van der Waals surface area contributed by atoms with Crippen LogP contribution in [0.3, 0.4) is 0 Å². The second kappa shape index (κ2) is 5.13. The average molecular weight is 292 g/mol. The van der Waals surface area contributed by atoms with Crippen LogP contribution in [-0.4, -0.2) is 54.6 Å². The summed E-state index contributed by atoms with van der Waals surface area (Å²) in [5, 5.41) is 2.20. The van der Waals surface area contributed by atoms with E-state index in [9.17, 15) is 4.79 Å². The van der Waals surface area contributed by atoms with Crippen LogP contribution >= 0.6 is 11.3 Å². The molecule has 2 fully saturated rings. The smallest absolute Gasteiger partial charge is 0.228 e. The zero-order chi connectivity index (χ0) is 13.5. The molecule has 0 aliphatic carbocycles. The third-order valence-electron chi connectivity index (χ3n) is 4.81. The number of nitrogens with zero attached hydrogens (tertiary/aromatic N) is 2. The van der Waals surface area contributed by atoms with Gasteiger partial charge in [-0.15, -0.1) is 11.3 Å². The van der Waals surface area contributed by atoms with Gasteiger partial charge in [-0.05, 0) is 29.9 Å². The van der Waals surface area contributed by atoms with Crippen molar-refractivity contribution in [1.29, 1.82) is 0 Å². The second-order valence-electron chi connectivity index (χ2n) is 6.05. The number of thiophene rings is 1. The van der Waals surface area contributed by atoms with Gasteiger partial charge in [0.25, 0.3) is 0 Å². The van der Waals surface area contributed by atoms with E-state index in [0.717, 1.165) is 39.2 Å². The Balaban J connectivity index is 1.32. The summed E-state index contributed by atoms with van der Waals surface area (Å²) in [4.78, 5) is 18.4. The SMILES string of the molecule is O=C(C1CCOC1)N1CC(N2CCc3sccc3C2)C1. The van der Waals surface area contributed by atoms with Crippen LogP contribution in [0.25, 0.3) is 0 Å². The molecular weight excluding hydrogens is 272 g/mol. The van der Waals surface area contributed by atoms with E-state index in [1.54, 1.807) is 4.88 Å². The number of carbonyl (C=O) groups is 1. The van der Waals surface area contributed by atoms with Gasteiger partial charge in [0.05, 0.1) is 12.5 Å². The molecule has 0 spiro atoms. The van der Waals surface area contributed by atoms with E-state index >= 15 is 0 Å². The maximum atomic E-state index is 12.2. The molecule has 5 heteroatoms. The van der Waals surface area contributed by atoms with E-state index in [2.05, 4.69) is 16.3 Å². The van der Waals surface area contributed by atoms with Crippen LogP contribution < -0.4 is 0 Å². The quantitative estimate of drug-likeness (QED) is 0.825. The Kier molecular flexibility index (Phi) is 3.28. The van der Waals surface area contributed by atoms with E-state index < -0.39 is 0 Å². The zero-order valence-corrected chi connectivity index (χ0v) is 12.4. The first-order valence-corrected chi connectivity index (χ1v) is 8.35. The lowest BCUT2D eigenvalue weighted by Gasteiger charge is -2.47. The summed E-state index contributed by atoms with van der Waals surface area (Å²) >= 11 is 1.88. The van der Waals surface area contributed by atoms with Gasteiger partial charge in [0.2, 0.25) is 5.91 Å². The molecule has 2 saturated heterocycles. The molecule has 3 aliphatic heterocycles. The minimum absolute atomic E-state index is 0.126. The first-order valence-electron chi connectivity index (χ1n) is 7.47. The van der Waals surface area contributed by atoms with Crippen molar-refractivity contribution in [2.45, 2.75) is 25.4 Å². The molecule has 1 unspecified atom stereocenters.